The average Bonchev–Trinajstić information content (AvgIpc) is 2.28. The molecule has 6 heteroatoms. The molecule has 1 aromatic heterocycles. The van der Waals surface area contributed by atoms with Crippen molar-refractivity contribution in [1.82, 2.24) is 4.98 Å². The maximum atomic E-state index is 11.4. The third-order valence-corrected chi connectivity index (χ3v) is 3.23. The zero-order valence-corrected chi connectivity index (χ0v) is 11.2. The first-order valence-electron chi connectivity index (χ1n) is 4.91. The van der Waals surface area contributed by atoms with Crippen LogP contribution in [0.25, 0.3) is 0 Å². The molecule has 0 saturated heterocycles. The molecule has 16 heavy (non-hydrogen) atoms. The van der Waals surface area contributed by atoms with Crippen LogP contribution in [0.1, 0.15) is 6.42 Å². The van der Waals surface area contributed by atoms with Crippen LogP contribution in [0.15, 0.2) is 22.8 Å². The summed E-state index contributed by atoms with van der Waals surface area (Å²) < 4.78 is 0.891. The number of pyridine rings is 1. The predicted molar refractivity (Wildman–Crippen MR) is 71.6 cm³/mol. The number of anilines is 1. The highest BCUT2D eigenvalue weighted by molar-refractivity contribution is 9.10. The van der Waals surface area contributed by atoms with E-state index in [2.05, 4.69) is 26.2 Å². The number of carbonyl (C=O) groups excluding carboxylic acids is 1. The van der Waals surface area contributed by atoms with Crippen molar-refractivity contribution in [3.63, 3.8) is 0 Å². The quantitative estimate of drug-likeness (QED) is 0.787. The average molecular weight is 304 g/mol. The van der Waals surface area contributed by atoms with Gasteiger partial charge >= 0.3 is 0 Å². The van der Waals surface area contributed by atoms with Gasteiger partial charge in [-0.05, 0) is 46.8 Å². The Morgan fingerprint density at radius 3 is 3.00 bits per heavy atom. The number of nitrogens with two attached hydrogens (primary N) is 1. The van der Waals surface area contributed by atoms with Crippen molar-refractivity contribution in [2.45, 2.75) is 6.42 Å². The molecule has 1 rings (SSSR count). The Hall–Kier alpha value is -0.590. The molecule has 0 aliphatic carbocycles. The monoisotopic (exact) mass is 303 g/mol. The summed E-state index contributed by atoms with van der Waals surface area (Å²) in [5.74, 6) is 1.90. The summed E-state index contributed by atoms with van der Waals surface area (Å²) in [5.41, 5.74) is 5.35. The number of thioether (sulfide) groups is 1. The largest absolute Gasteiger partial charge is 0.330 e. The van der Waals surface area contributed by atoms with Gasteiger partial charge < -0.3 is 11.1 Å². The lowest BCUT2D eigenvalue weighted by Gasteiger charge is -2.03. The lowest BCUT2D eigenvalue weighted by molar-refractivity contribution is -0.113. The molecule has 0 aromatic carbocycles. The van der Waals surface area contributed by atoms with Crippen LogP contribution in [0.2, 0.25) is 0 Å². The Bertz CT molecular complexity index is 331. The second-order valence-electron chi connectivity index (χ2n) is 3.10. The van der Waals surface area contributed by atoms with E-state index < -0.39 is 0 Å². The summed E-state index contributed by atoms with van der Waals surface area (Å²) in [5, 5.41) is 2.72. The summed E-state index contributed by atoms with van der Waals surface area (Å²) in [7, 11) is 0. The summed E-state index contributed by atoms with van der Waals surface area (Å²) in [6.07, 6.45) is 2.59. The highest BCUT2D eigenvalue weighted by Crippen LogP contribution is 2.11. The number of nitrogens with one attached hydrogen (secondary N) is 1. The molecule has 1 aromatic rings. The molecular weight excluding hydrogens is 290 g/mol. The fourth-order valence-electron chi connectivity index (χ4n) is 0.979. The van der Waals surface area contributed by atoms with Gasteiger partial charge in [-0.2, -0.15) is 11.8 Å². The van der Waals surface area contributed by atoms with Crippen molar-refractivity contribution in [2.75, 3.05) is 23.4 Å². The van der Waals surface area contributed by atoms with E-state index in [9.17, 15) is 4.79 Å². The standard InChI is InChI=1S/C10H14BrN3OS/c11-8-2-3-9(13-6-8)14-10(15)7-16-5-1-4-12/h2-3,6H,1,4-5,7,12H2,(H,13,14,15). The minimum atomic E-state index is -0.0307. The van der Waals surface area contributed by atoms with E-state index in [0.717, 1.165) is 16.6 Å². The molecule has 1 amide bonds. The lowest BCUT2D eigenvalue weighted by Crippen LogP contribution is -2.15. The Labute approximate surface area is 108 Å². The molecule has 0 unspecified atom stereocenters. The molecule has 88 valence electrons. The Balaban J connectivity index is 2.26. The van der Waals surface area contributed by atoms with E-state index >= 15 is 0 Å². The SMILES string of the molecule is NCCCSCC(=O)Nc1ccc(Br)cn1. The molecule has 0 aliphatic heterocycles. The molecule has 0 radical (unpaired) electrons. The molecule has 0 aliphatic rings. The Morgan fingerprint density at radius 1 is 1.56 bits per heavy atom. The highest BCUT2D eigenvalue weighted by atomic mass is 79.9. The lowest BCUT2D eigenvalue weighted by atomic mass is 10.4. The molecular formula is C10H14BrN3OS. The molecule has 0 bridgehead atoms. The molecule has 0 atom stereocenters. The van der Waals surface area contributed by atoms with Crippen molar-refractivity contribution in [3.05, 3.63) is 22.8 Å². The van der Waals surface area contributed by atoms with E-state index in [4.69, 9.17) is 5.73 Å². The molecule has 0 saturated carbocycles. The molecule has 0 spiro atoms. The van der Waals surface area contributed by atoms with Crippen LogP contribution in [-0.2, 0) is 4.79 Å². The van der Waals surface area contributed by atoms with E-state index in [1.807, 2.05) is 6.07 Å². The van der Waals surface area contributed by atoms with Gasteiger partial charge in [0.05, 0.1) is 5.75 Å². The summed E-state index contributed by atoms with van der Waals surface area (Å²) in [6.45, 7) is 0.670. The number of aromatic nitrogens is 1. The van der Waals surface area contributed by atoms with Gasteiger partial charge in [0.15, 0.2) is 0 Å². The first-order chi connectivity index (χ1) is 7.72. The molecule has 3 N–H and O–H groups in total. The topological polar surface area (TPSA) is 68.0 Å². The first kappa shape index (κ1) is 13.5. The normalized spacial score (nSPS) is 10.1. The Morgan fingerprint density at radius 2 is 2.38 bits per heavy atom. The van der Waals surface area contributed by atoms with Gasteiger partial charge in [-0.3, -0.25) is 4.79 Å². The van der Waals surface area contributed by atoms with Crippen LogP contribution >= 0.6 is 27.7 Å². The number of halogens is 1. The predicted octanol–water partition coefficient (Wildman–Crippen LogP) is 1.86. The molecule has 0 fully saturated rings. The number of carbonyl (C=O) groups is 1. The van der Waals surface area contributed by atoms with Crippen molar-refractivity contribution < 1.29 is 4.79 Å². The maximum Gasteiger partial charge on any atom is 0.235 e. The fourth-order valence-corrected chi connectivity index (χ4v) is 1.99. The second-order valence-corrected chi connectivity index (χ2v) is 5.13. The summed E-state index contributed by atoms with van der Waals surface area (Å²) in [6, 6.07) is 3.59. The number of amides is 1. The first-order valence-corrected chi connectivity index (χ1v) is 6.86. The minimum Gasteiger partial charge on any atom is -0.330 e. The van der Waals surface area contributed by atoms with E-state index in [-0.39, 0.29) is 5.91 Å². The molecule has 1 heterocycles. The van der Waals surface area contributed by atoms with Crippen LogP contribution in [-0.4, -0.2) is 28.9 Å². The van der Waals surface area contributed by atoms with Gasteiger partial charge in [-0.1, -0.05) is 0 Å². The summed E-state index contributed by atoms with van der Waals surface area (Å²) in [4.78, 5) is 15.5. The van der Waals surface area contributed by atoms with Gasteiger partial charge in [0.1, 0.15) is 5.82 Å². The second kappa shape index (κ2) is 7.65. The third-order valence-electron chi connectivity index (χ3n) is 1.72. The van der Waals surface area contributed by atoms with Crippen LogP contribution in [0.3, 0.4) is 0 Å². The van der Waals surface area contributed by atoms with Gasteiger partial charge in [0.25, 0.3) is 0 Å². The maximum absolute atomic E-state index is 11.4. The van der Waals surface area contributed by atoms with E-state index in [0.29, 0.717) is 18.1 Å². The number of nitrogens with zero attached hydrogens (tertiary/aromatic N) is 1. The number of hydrogen-bond acceptors (Lipinski definition) is 4. The third kappa shape index (κ3) is 5.48. The number of hydrogen-bond donors (Lipinski definition) is 2. The van der Waals surface area contributed by atoms with Crippen LogP contribution in [0, 0.1) is 0 Å². The van der Waals surface area contributed by atoms with Crippen molar-refractivity contribution in [2.24, 2.45) is 5.73 Å². The minimum absolute atomic E-state index is 0.0307. The smallest absolute Gasteiger partial charge is 0.235 e. The van der Waals surface area contributed by atoms with E-state index in [1.54, 1.807) is 24.0 Å². The van der Waals surface area contributed by atoms with Crippen LogP contribution in [0.5, 0.6) is 0 Å². The van der Waals surface area contributed by atoms with Crippen molar-refractivity contribution in [1.29, 1.82) is 0 Å². The van der Waals surface area contributed by atoms with Crippen molar-refractivity contribution in [3.8, 4) is 0 Å². The summed E-state index contributed by atoms with van der Waals surface area (Å²) >= 11 is 4.86. The van der Waals surface area contributed by atoms with Crippen molar-refractivity contribution >= 4 is 39.4 Å². The highest BCUT2D eigenvalue weighted by Gasteiger charge is 2.02. The van der Waals surface area contributed by atoms with Crippen LogP contribution < -0.4 is 11.1 Å². The zero-order chi connectivity index (χ0) is 11.8. The van der Waals surface area contributed by atoms with Gasteiger partial charge in [0.2, 0.25) is 5.91 Å². The zero-order valence-electron chi connectivity index (χ0n) is 8.78. The van der Waals surface area contributed by atoms with E-state index in [1.165, 1.54) is 0 Å². The molecule has 4 nitrogen and oxygen atoms in total. The fraction of sp³-hybridized carbons (Fsp3) is 0.400. The van der Waals surface area contributed by atoms with Gasteiger partial charge in [-0.25, -0.2) is 4.98 Å². The Kier molecular flexibility index (Phi) is 6.44. The van der Waals surface area contributed by atoms with Gasteiger partial charge in [-0.15, -0.1) is 0 Å². The van der Waals surface area contributed by atoms with Gasteiger partial charge in [0, 0.05) is 10.7 Å². The van der Waals surface area contributed by atoms with Crippen LogP contribution in [0.4, 0.5) is 5.82 Å². The number of rotatable bonds is 6.